The summed E-state index contributed by atoms with van der Waals surface area (Å²) in [6.07, 6.45) is 5.49. The fourth-order valence-corrected chi connectivity index (χ4v) is 1.33. The Morgan fingerprint density at radius 3 is 2.69 bits per heavy atom. The molecular weight excluding hydrogens is 228 g/mol. The molecule has 0 saturated carbocycles. The lowest BCUT2D eigenvalue weighted by Crippen LogP contribution is -2.06. The zero-order chi connectivity index (χ0) is 9.84. The molecule has 2 heteroatoms. The first-order chi connectivity index (χ1) is 6.13. The summed E-state index contributed by atoms with van der Waals surface area (Å²) >= 11 is 3.35. The van der Waals surface area contributed by atoms with Crippen LogP contribution in [0.5, 0.6) is 5.75 Å². The minimum absolute atomic E-state index is 0.147. The zero-order valence-corrected chi connectivity index (χ0v) is 9.26. The second kappa shape index (κ2) is 4.34. The monoisotopic (exact) mass is 238 g/mol. The van der Waals surface area contributed by atoms with Crippen LogP contribution < -0.4 is 4.74 Å². The first kappa shape index (κ1) is 10.1. The van der Waals surface area contributed by atoms with Gasteiger partial charge < -0.3 is 4.74 Å². The van der Waals surface area contributed by atoms with E-state index < -0.39 is 0 Å². The van der Waals surface area contributed by atoms with Crippen molar-refractivity contribution in [3.8, 4) is 18.1 Å². The molecule has 0 radical (unpaired) electrons. The molecule has 68 valence electrons. The molecular formula is C11H11BrO. The van der Waals surface area contributed by atoms with Crippen LogP contribution in [0.2, 0.25) is 0 Å². The predicted molar refractivity (Wildman–Crippen MR) is 57.8 cm³/mol. The topological polar surface area (TPSA) is 9.23 Å². The summed E-state index contributed by atoms with van der Waals surface area (Å²) in [5.41, 5.74) is 0.781. The molecule has 0 amide bonds. The second-order valence-electron chi connectivity index (χ2n) is 2.95. The first-order valence-electron chi connectivity index (χ1n) is 4.06. The van der Waals surface area contributed by atoms with Gasteiger partial charge in [-0.05, 0) is 32.0 Å². The number of hydrogen-bond acceptors (Lipinski definition) is 1. The molecule has 0 aromatic heterocycles. The largest absolute Gasteiger partial charge is 0.490 e. The maximum Gasteiger partial charge on any atom is 0.135 e. The van der Waals surface area contributed by atoms with Crippen molar-refractivity contribution in [2.75, 3.05) is 0 Å². The van der Waals surface area contributed by atoms with Gasteiger partial charge in [-0.15, -0.1) is 6.42 Å². The summed E-state index contributed by atoms with van der Waals surface area (Å²) < 4.78 is 6.50. The van der Waals surface area contributed by atoms with E-state index in [0.717, 1.165) is 15.8 Å². The van der Waals surface area contributed by atoms with Crippen molar-refractivity contribution in [3.05, 3.63) is 28.2 Å². The van der Waals surface area contributed by atoms with Crippen LogP contribution in [-0.4, -0.2) is 6.10 Å². The molecule has 13 heavy (non-hydrogen) atoms. The molecule has 0 aliphatic heterocycles. The minimum atomic E-state index is 0.147. The Morgan fingerprint density at radius 2 is 2.15 bits per heavy atom. The van der Waals surface area contributed by atoms with Crippen molar-refractivity contribution in [1.29, 1.82) is 0 Å². The predicted octanol–water partition coefficient (Wildman–Crippen LogP) is 3.22. The highest BCUT2D eigenvalue weighted by atomic mass is 79.9. The van der Waals surface area contributed by atoms with Crippen molar-refractivity contribution in [1.82, 2.24) is 0 Å². The van der Waals surface area contributed by atoms with Gasteiger partial charge in [-0.2, -0.15) is 0 Å². The van der Waals surface area contributed by atoms with E-state index in [2.05, 4.69) is 21.9 Å². The summed E-state index contributed by atoms with van der Waals surface area (Å²) in [5.74, 6) is 3.35. The lowest BCUT2D eigenvalue weighted by atomic mass is 10.2. The van der Waals surface area contributed by atoms with Gasteiger partial charge in [0.25, 0.3) is 0 Å². The Morgan fingerprint density at radius 1 is 1.46 bits per heavy atom. The summed E-state index contributed by atoms with van der Waals surface area (Å²) in [7, 11) is 0. The molecule has 0 bridgehead atoms. The normalized spacial score (nSPS) is 9.77. The molecule has 0 saturated heterocycles. The SMILES string of the molecule is C#Cc1cc(Br)ccc1OC(C)C. The second-order valence-corrected chi connectivity index (χ2v) is 3.87. The van der Waals surface area contributed by atoms with Gasteiger partial charge in [0.05, 0.1) is 11.7 Å². The molecule has 0 heterocycles. The van der Waals surface area contributed by atoms with E-state index in [1.165, 1.54) is 0 Å². The quantitative estimate of drug-likeness (QED) is 0.720. The Balaban J connectivity index is 3.01. The number of terminal acetylenes is 1. The molecule has 1 rings (SSSR count). The van der Waals surface area contributed by atoms with Gasteiger partial charge >= 0.3 is 0 Å². The van der Waals surface area contributed by atoms with E-state index in [1.54, 1.807) is 0 Å². The molecule has 0 unspecified atom stereocenters. The fourth-order valence-electron chi connectivity index (χ4n) is 0.972. The standard InChI is InChI=1S/C11H11BrO/c1-4-9-7-10(12)5-6-11(9)13-8(2)3/h1,5-8H,2-3H3. The van der Waals surface area contributed by atoms with E-state index in [4.69, 9.17) is 11.2 Å². The lowest BCUT2D eigenvalue weighted by molar-refractivity contribution is 0.242. The van der Waals surface area contributed by atoms with Crippen molar-refractivity contribution in [2.24, 2.45) is 0 Å². The van der Waals surface area contributed by atoms with Gasteiger partial charge in [-0.3, -0.25) is 0 Å². The summed E-state index contributed by atoms with van der Waals surface area (Å²) in [6.45, 7) is 3.95. The summed E-state index contributed by atoms with van der Waals surface area (Å²) in [5, 5.41) is 0. The average molecular weight is 239 g/mol. The van der Waals surface area contributed by atoms with E-state index in [1.807, 2.05) is 32.0 Å². The number of halogens is 1. The van der Waals surface area contributed by atoms with Crippen LogP contribution in [0.3, 0.4) is 0 Å². The highest BCUT2D eigenvalue weighted by Crippen LogP contribution is 2.23. The third kappa shape index (κ3) is 2.78. The molecule has 1 aromatic rings. The Kier molecular flexibility index (Phi) is 3.39. The van der Waals surface area contributed by atoms with Crippen LogP contribution >= 0.6 is 15.9 Å². The van der Waals surface area contributed by atoms with Crippen LogP contribution in [0.4, 0.5) is 0 Å². The van der Waals surface area contributed by atoms with E-state index in [0.29, 0.717) is 0 Å². The van der Waals surface area contributed by atoms with Crippen LogP contribution in [-0.2, 0) is 0 Å². The highest BCUT2D eigenvalue weighted by Gasteiger charge is 2.03. The van der Waals surface area contributed by atoms with Crippen LogP contribution in [0.15, 0.2) is 22.7 Å². The number of hydrogen-bond donors (Lipinski definition) is 0. The van der Waals surface area contributed by atoms with Gasteiger partial charge in [0.1, 0.15) is 5.75 Å². The van der Waals surface area contributed by atoms with Gasteiger partial charge in [0.2, 0.25) is 0 Å². The van der Waals surface area contributed by atoms with Gasteiger partial charge in [0.15, 0.2) is 0 Å². The average Bonchev–Trinajstić information content (AvgIpc) is 2.07. The van der Waals surface area contributed by atoms with E-state index in [9.17, 15) is 0 Å². The van der Waals surface area contributed by atoms with Gasteiger partial charge in [-0.25, -0.2) is 0 Å². The van der Waals surface area contributed by atoms with Gasteiger partial charge in [-0.1, -0.05) is 21.9 Å². The number of benzene rings is 1. The molecule has 0 fully saturated rings. The summed E-state index contributed by atoms with van der Waals surface area (Å²) in [6, 6.07) is 5.66. The highest BCUT2D eigenvalue weighted by molar-refractivity contribution is 9.10. The maximum atomic E-state index is 5.53. The number of rotatable bonds is 2. The van der Waals surface area contributed by atoms with Crippen molar-refractivity contribution >= 4 is 15.9 Å². The third-order valence-electron chi connectivity index (χ3n) is 1.46. The molecule has 1 nitrogen and oxygen atoms in total. The Hall–Kier alpha value is -0.940. The van der Waals surface area contributed by atoms with Crippen molar-refractivity contribution < 1.29 is 4.74 Å². The van der Waals surface area contributed by atoms with Crippen molar-refractivity contribution in [2.45, 2.75) is 20.0 Å². The summed E-state index contributed by atoms with van der Waals surface area (Å²) in [4.78, 5) is 0. The van der Waals surface area contributed by atoms with Gasteiger partial charge in [0, 0.05) is 4.47 Å². The molecule has 0 spiro atoms. The Labute approximate surface area is 87.2 Å². The zero-order valence-electron chi connectivity index (χ0n) is 7.67. The molecule has 1 aromatic carbocycles. The van der Waals surface area contributed by atoms with Crippen LogP contribution in [0.1, 0.15) is 19.4 Å². The Bertz CT molecular complexity index is 336. The first-order valence-corrected chi connectivity index (χ1v) is 4.85. The molecule has 0 aliphatic carbocycles. The third-order valence-corrected chi connectivity index (χ3v) is 1.95. The lowest BCUT2D eigenvalue weighted by Gasteiger charge is -2.11. The smallest absolute Gasteiger partial charge is 0.135 e. The van der Waals surface area contributed by atoms with E-state index in [-0.39, 0.29) is 6.10 Å². The molecule has 0 atom stereocenters. The molecule has 0 aliphatic rings. The molecule has 0 N–H and O–H groups in total. The van der Waals surface area contributed by atoms with Crippen molar-refractivity contribution in [3.63, 3.8) is 0 Å². The number of ether oxygens (including phenoxy) is 1. The fraction of sp³-hybridized carbons (Fsp3) is 0.273. The van der Waals surface area contributed by atoms with E-state index >= 15 is 0 Å². The van der Waals surface area contributed by atoms with Crippen LogP contribution in [0, 0.1) is 12.3 Å². The minimum Gasteiger partial charge on any atom is -0.490 e. The maximum absolute atomic E-state index is 5.53. The van der Waals surface area contributed by atoms with Crippen LogP contribution in [0.25, 0.3) is 0 Å².